The summed E-state index contributed by atoms with van der Waals surface area (Å²) in [6.07, 6.45) is 0. The first-order valence-electron chi connectivity index (χ1n) is 10.3. The Morgan fingerprint density at radius 2 is 2.06 bits per heavy atom. The third-order valence-corrected chi connectivity index (χ3v) is 5.34. The van der Waals surface area contributed by atoms with Gasteiger partial charge in [0.1, 0.15) is 0 Å². The van der Waals surface area contributed by atoms with Gasteiger partial charge in [-0.3, -0.25) is 14.6 Å². The number of piperazine rings is 1. The van der Waals surface area contributed by atoms with Gasteiger partial charge in [0.15, 0.2) is 17.1 Å². The number of oxazole rings is 1. The maximum atomic E-state index is 14.2. The zero-order chi connectivity index (χ0) is 22.8. The number of benzene rings is 2. The topological polar surface area (TPSA) is 108 Å². The molecule has 0 saturated carbocycles. The molecule has 3 aromatic rings. The number of hydrogen-bond acceptors (Lipinski definition) is 6. The van der Waals surface area contributed by atoms with Gasteiger partial charge in [0.2, 0.25) is 0 Å². The third-order valence-electron chi connectivity index (χ3n) is 5.34. The molecule has 0 spiro atoms. The number of carbonyl (C=O) groups is 2. The van der Waals surface area contributed by atoms with Crippen LogP contribution in [0, 0.1) is 5.82 Å². The Morgan fingerprint density at radius 3 is 2.78 bits per heavy atom. The van der Waals surface area contributed by atoms with Crippen molar-refractivity contribution in [2.24, 2.45) is 0 Å². The van der Waals surface area contributed by atoms with Gasteiger partial charge in [0.25, 0.3) is 0 Å². The van der Waals surface area contributed by atoms with E-state index in [9.17, 15) is 18.8 Å². The molecule has 168 valence electrons. The second-order valence-corrected chi connectivity index (χ2v) is 7.52. The maximum Gasteiger partial charge on any atom is 0.417 e. The minimum absolute atomic E-state index is 0.201. The van der Waals surface area contributed by atoms with Crippen LogP contribution in [0.15, 0.2) is 45.6 Å². The lowest BCUT2D eigenvalue weighted by molar-refractivity contribution is -0.144. The Kier molecular flexibility index (Phi) is 5.85. The molecule has 2 heterocycles. The molecule has 1 aliphatic rings. The molecule has 1 atom stereocenters. The number of rotatable bonds is 4. The number of H-pyrrole nitrogens is 1. The number of carbonyl (C=O) groups excluding carboxylic acids is 2. The first-order chi connectivity index (χ1) is 15.4. The smallest absolute Gasteiger partial charge is 0.417 e. The number of hydrogen-bond donors (Lipinski definition) is 2. The SMILES string of the molecule is CCOc1ccc(N2CCN(C(=O)C(=O)Nc3ccc4[nH]c(=O)oc4c3)[C@H](C)C2)cc1F. The van der Waals surface area contributed by atoms with E-state index in [4.69, 9.17) is 9.15 Å². The quantitative estimate of drug-likeness (QED) is 0.601. The van der Waals surface area contributed by atoms with Gasteiger partial charge in [-0.25, -0.2) is 9.18 Å². The minimum Gasteiger partial charge on any atom is -0.491 e. The molecule has 0 aliphatic carbocycles. The summed E-state index contributed by atoms with van der Waals surface area (Å²) in [5.41, 5.74) is 1.81. The van der Waals surface area contributed by atoms with E-state index in [2.05, 4.69) is 10.3 Å². The first-order valence-corrected chi connectivity index (χ1v) is 10.3. The summed E-state index contributed by atoms with van der Waals surface area (Å²) in [6, 6.07) is 9.14. The Morgan fingerprint density at radius 1 is 1.25 bits per heavy atom. The molecule has 0 unspecified atom stereocenters. The molecule has 0 radical (unpaired) electrons. The molecule has 1 fully saturated rings. The molecule has 4 rings (SSSR count). The predicted octanol–water partition coefficient (Wildman–Crippen LogP) is 2.33. The summed E-state index contributed by atoms with van der Waals surface area (Å²) in [6.45, 7) is 5.22. The highest BCUT2D eigenvalue weighted by molar-refractivity contribution is 6.39. The monoisotopic (exact) mass is 442 g/mol. The molecule has 1 aliphatic heterocycles. The van der Waals surface area contributed by atoms with Gasteiger partial charge in [-0.1, -0.05) is 0 Å². The van der Waals surface area contributed by atoms with E-state index in [1.165, 1.54) is 17.0 Å². The summed E-state index contributed by atoms with van der Waals surface area (Å²) in [5.74, 6) is -2.28. The van der Waals surface area contributed by atoms with Crippen LogP contribution in [0.25, 0.3) is 11.1 Å². The molecule has 2 amide bonds. The van der Waals surface area contributed by atoms with E-state index in [1.54, 1.807) is 31.2 Å². The van der Waals surface area contributed by atoms with Crippen molar-refractivity contribution in [2.45, 2.75) is 19.9 Å². The minimum atomic E-state index is -0.783. The lowest BCUT2D eigenvalue weighted by Gasteiger charge is -2.40. The number of aromatic amines is 1. The van der Waals surface area contributed by atoms with Crippen LogP contribution in [0.2, 0.25) is 0 Å². The number of nitrogens with zero attached hydrogens (tertiary/aromatic N) is 2. The van der Waals surface area contributed by atoms with Gasteiger partial charge in [0, 0.05) is 49.2 Å². The van der Waals surface area contributed by atoms with Crippen LogP contribution in [0.1, 0.15) is 13.8 Å². The van der Waals surface area contributed by atoms with Crippen LogP contribution in [-0.2, 0) is 9.59 Å². The summed E-state index contributed by atoms with van der Waals surface area (Å²) >= 11 is 0. The average molecular weight is 442 g/mol. The van der Waals surface area contributed by atoms with Crippen molar-refractivity contribution in [3.63, 3.8) is 0 Å². The van der Waals surface area contributed by atoms with Crippen molar-refractivity contribution in [2.75, 3.05) is 36.5 Å². The van der Waals surface area contributed by atoms with Crippen LogP contribution in [0.5, 0.6) is 5.75 Å². The first kappa shape index (κ1) is 21.4. The summed E-state index contributed by atoms with van der Waals surface area (Å²) in [4.78, 5) is 42.5. The van der Waals surface area contributed by atoms with E-state index in [-0.39, 0.29) is 17.4 Å². The fourth-order valence-corrected chi connectivity index (χ4v) is 3.79. The maximum absolute atomic E-state index is 14.2. The number of ether oxygens (including phenoxy) is 1. The summed E-state index contributed by atoms with van der Waals surface area (Å²) in [5, 5.41) is 2.55. The van der Waals surface area contributed by atoms with Crippen molar-refractivity contribution in [3.8, 4) is 5.75 Å². The largest absolute Gasteiger partial charge is 0.491 e. The fourth-order valence-electron chi connectivity index (χ4n) is 3.79. The molecule has 10 heteroatoms. The second kappa shape index (κ2) is 8.74. The number of nitrogens with one attached hydrogen (secondary N) is 2. The Labute approximate surface area is 182 Å². The molecular weight excluding hydrogens is 419 g/mol. The van der Waals surface area contributed by atoms with Crippen molar-refractivity contribution in [3.05, 3.63) is 52.8 Å². The highest BCUT2D eigenvalue weighted by Crippen LogP contribution is 2.26. The van der Waals surface area contributed by atoms with Gasteiger partial charge < -0.3 is 24.3 Å². The normalized spacial score (nSPS) is 16.3. The zero-order valence-electron chi connectivity index (χ0n) is 17.7. The Hall–Kier alpha value is -3.82. The van der Waals surface area contributed by atoms with E-state index in [0.29, 0.717) is 43.1 Å². The summed E-state index contributed by atoms with van der Waals surface area (Å²) < 4.78 is 24.4. The lowest BCUT2D eigenvalue weighted by atomic mass is 10.1. The Bertz CT molecular complexity index is 1220. The Balaban J connectivity index is 1.40. The standard InChI is InChI=1S/C22H23FN4O5/c1-3-31-18-7-5-15(11-16(18)23)26-8-9-27(13(2)12-26)21(29)20(28)24-14-4-6-17-19(10-14)32-22(30)25-17/h4-7,10-11,13H,3,8-9,12H2,1-2H3,(H,24,28)(H,25,30)/t13-/m1/s1. The predicted molar refractivity (Wildman–Crippen MR) is 116 cm³/mol. The van der Waals surface area contributed by atoms with Crippen molar-refractivity contribution in [1.82, 2.24) is 9.88 Å². The number of aromatic nitrogens is 1. The number of amides is 2. The highest BCUT2D eigenvalue weighted by Gasteiger charge is 2.31. The van der Waals surface area contributed by atoms with E-state index >= 15 is 0 Å². The molecule has 9 nitrogen and oxygen atoms in total. The van der Waals surface area contributed by atoms with Crippen molar-refractivity contribution in [1.29, 1.82) is 0 Å². The number of fused-ring (bicyclic) bond motifs is 1. The molecule has 1 saturated heterocycles. The molecule has 1 aromatic heterocycles. The molecule has 32 heavy (non-hydrogen) atoms. The third kappa shape index (κ3) is 4.29. The molecule has 2 aromatic carbocycles. The van der Waals surface area contributed by atoms with Gasteiger partial charge in [-0.05, 0) is 38.1 Å². The van der Waals surface area contributed by atoms with Gasteiger partial charge >= 0.3 is 17.6 Å². The average Bonchev–Trinajstić information content (AvgIpc) is 3.14. The highest BCUT2D eigenvalue weighted by atomic mass is 19.1. The molecule has 2 N–H and O–H groups in total. The van der Waals surface area contributed by atoms with Crippen molar-refractivity contribution >= 4 is 34.3 Å². The second-order valence-electron chi connectivity index (χ2n) is 7.52. The van der Waals surface area contributed by atoms with Crippen LogP contribution >= 0.6 is 0 Å². The van der Waals surface area contributed by atoms with E-state index < -0.39 is 23.4 Å². The zero-order valence-corrected chi connectivity index (χ0v) is 17.7. The van der Waals surface area contributed by atoms with E-state index in [1.807, 2.05) is 11.8 Å². The number of halogens is 1. The van der Waals surface area contributed by atoms with Crippen LogP contribution in [-0.4, -0.2) is 54.0 Å². The van der Waals surface area contributed by atoms with Crippen LogP contribution in [0.3, 0.4) is 0 Å². The molecular formula is C22H23FN4O5. The van der Waals surface area contributed by atoms with Gasteiger partial charge in [-0.2, -0.15) is 0 Å². The van der Waals surface area contributed by atoms with Crippen molar-refractivity contribution < 1.29 is 23.1 Å². The lowest BCUT2D eigenvalue weighted by Crippen LogP contribution is -2.56. The molecule has 0 bridgehead atoms. The van der Waals surface area contributed by atoms with Gasteiger partial charge in [-0.15, -0.1) is 0 Å². The van der Waals surface area contributed by atoms with Crippen LogP contribution in [0.4, 0.5) is 15.8 Å². The fraction of sp³-hybridized carbons (Fsp3) is 0.318. The summed E-state index contributed by atoms with van der Waals surface area (Å²) in [7, 11) is 0. The van der Waals surface area contributed by atoms with Gasteiger partial charge in [0.05, 0.1) is 12.1 Å². The number of anilines is 2. The van der Waals surface area contributed by atoms with E-state index in [0.717, 1.165) is 0 Å². The van der Waals surface area contributed by atoms with Crippen LogP contribution < -0.4 is 20.7 Å².